The summed E-state index contributed by atoms with van der Waals surface area (Å²) >= 11 is 1.70. The summed E-state index contributed by atoms with van der Waals surface area (Å²) in [6.45, 7) is 4.88. The number of nitrogens with zero attached hydrogens (tertiary/aromatic N) is 4. The van der Waals surface area contributed by atoms with Crippen LogP contribution in [0, 0.1) is 0 Å². The van der Waals surface area contributed by atoms with Crippen molar-refractivity contribution in [2.24, 2.45) is 0 Å². The average Bonchev–Trinajstić information content (AvgIpc) is 3.37. The van der Waals surface area contributed by atoms with Gasteiger partial charge in [-0.3, -0.25) is 19.4 Å². The molecule has 0 spiro atoms. The highest BCUT2D eigenvalue weighted by molar-refractivity contribution is 7.18. The predicted octanol–water partition coefficient (Wildman–Crippen LogP) is 2.88. The summed E-state index contributed by atoms with van der Waals surface area (Å²) in [5.41, 5.74) is 1.13. The molecule has 8 nitrogen and oxygen atoms in total. The molecule has 5 rings (SSSR count). The number of imide groups is 1. The van der Waals surface area contributed by atoms with Crippen LogP contribution in [-0.4, -0.2) is 75.8 Å². The SMILES string of the molecule is CC1(CCc2ccccc2)NC(=O)N(CC(=O)N2CCN(Cc3nc4ccccc4s3)CC2)C1=O. The van der Waals surface area contributed by atoms with Gasteiger partial charge >= 0.3 is 6.03 Å². The second-order valence-corrected chi connectivity index (χ2v) is 10.5. The minimum Gasteiger partial charge on any atom is -0.339 e. The largest absolute Gasteiger partial charge is 0.339 e. The van der Waals surface area contributed by atoms with Crippen molar-refractivity contribution in [3.05, 3.63) is 65.2 Å². The van der Waals surface area contributed by atoms with E-state index in [0.717, 1.165) is 40.6 Å². The van der Waals surface area contributed by atoms with Gasteiger partial charge in [0.2, 0.25) is 5.91 Å². The van der Waals surface area contributed by atoms with Gasteiger partial charge in [-0.05, 0) is 37.5 Å². The molecule has 2 aromatic carbocycles. The summed E-state index contributed by atoms with van der Waals surface area (Å²) < 4.78 is 1.18. The first kappa shape index (κ1) is 23.4. The molecule has 0 bridgehead atoms. The Bertz CT molecular complexity index is 1210. The van der Waals surface area contributed by atoms with E-state index in [0.29, 0.717) is 25.9 Å². The average molecular weight is 492 g/mol. The van der Waals surface area contributed by atoms with E-state index in [1.165, 1.54) is 4.70 Å². The van der Waals surface area contributed by atoms with Crippen molar-refractivity contribution < 1.29 is 14.4 Å². The van der Waals surface area contributed by atoms with Gasteiger partial charge in [-0.25, -0.2) is 9.78 Å². The number of aryl methyl sites for hydroxylation is 1. The van der Waals surface area contributed by atoms with Gasteiger partial charge in [-0.2, -0.15) is 0 Å². The smallest absolute Gasteiger partial charge is 0.325 e. The van der Waals surface area contributed by atoms with Crippen LogP contribution in [0.15, 0.2) is 54.6 Å². The van der Waals surface area contributed by atoms with Crippen molar-refractivity contribution >= 4 is 39.4 Å². The van der Waals surface area contributed by atoms with Crippen LogP contribution in [0.25, 0.3) is 10.2 Å². The van der Waals surface area contributed by atoms with Crippen molar-refractivity contribution in [3.8, 4) is 0 Å². The Morgan fingerprint density at radius 1 is 1.03 bits per heavy atom. The number of piperazine rings is 1. The lowest BCUT2D eigenvalue weighted by molar-refractivity contribution is -0.139. The van der Waals surface area contributed by atoms with Crippen LogP contribution in [0.3, 0.4) is 0 Å². The molecule has 2 aliphatic heterocycles. The standard InChI is InChI=1S/C26H29N5O3S/c1-26(12-11-19-7-3-2-4-8-19)24(33)31(25(34)28-26)18-23(32)30-15-13-29(14-16-30)17-22-27-20-9-5-6-10-21(20)35-22/h2-10H,11-18H2,1H3,(H,28,34). The first-order valence-electron chi connectivity index (χ1n) is 11.9. The number of carbonyl (C=O) groups excluding carboxylic acids is 3. The first-order valence-corrected chi connectivity index (χ1v) is 12.8. The highest BCUT2D eigenvalue weighted by atomic mass is 32.1. The van der Waals surface area contributed by atoms with Crippen molar-refractivity contribution in [3.63, 3.8) is 0 Å². The van der Waals surface area contributed by atoms with E-state index in [2.05, 4.69) is 16.3 Å². The minimum absolute atomic E-state index is 0.194. The monoisotopic (exact) mass is 491 g/mol. The van der Waals surface area contributed by atoms with Gasteiger partial charge in [0.15, 0.2) is 0 Å². The highest BCUT2D eigenvalue weighted by Crippen LogP contribution is 2.25. The van der Waals surface area contributed by atoms with E-state index >= 15 is 0 Å². The van der Waals surface area contributed by atoms with Crippen LogP contribution in [0.5, 0.6) is 0 Å². The predicted molar refractivity (Wildman–Crippen MR) is 135 cm³/mol. The maximum atomic E-state index is 13.1. The fourth-order valence-electron chi connectivity index (χ4n) is 4.67. The topological polar surface area (TPSA) is 85.8 Å². The van der Waals surface area contributed by atoms with E-state index < -0.39 is 11.6 Å². The quantitative estimate of drug-likeness (QED) is 0.514. The Hall–Kier alpha value is -3.30. The Balaban J connectivity index is 1.13. The number of amides is 4. The molecule has 1 atom stereocenters. The summed E-state index contributed by atoms with van der Waals surface area (Å²) in [7, 11) is 0. The second kappa shape index (κ2) is 9.75. The van der Waals surface area contributed by atoms with Crippen molar-refractivity contribution in [1.82, 2.24) is 25.0 Å². The number of hydrogen-bond acceptors (Lipinski definition) is 6. The number of para-hydroxylation sites is 1. The van der Waals surface area contributed by atoms with E-state index in [1.807, 2.05) is 48.5 Å². The molecule has 1 N–H and O–H groups in total. The number of benzene rings is 2. The number of fused-ring (bicyclic) bond motifs is 1. The van der Waals surface area contributed by atoms with Gasteiger partial charge in [0, 0.05) is 26.2 Å². The van der Waals surface area contributed by atoms with Crippen LogP contribution < -0.4 is 5.32 Å². The summed E-state index contributed by atoms with van der Waals surface area (Å²) in [5.74, 6) is -0.526. The summed E-state index contributed by atoms with van der Waals surface area (Å²) in [6, 6.07) is 17.5. The second-order valence-electron chi connectivity index (χ2n) is 9.37. The third-order valence-electron chi connectivity index (χ3n) is 6.82. The Morgan fingerprint density at radius 3 is 2.49 bits per heavy atom. The number of nitrogens with one attached hydrogen (secondary N) is 1. The molecule has 9 heteroatoms. The molecule has 3 aromatic rings. The summed E-state index contributed by atoms with van der Waals surface area (Å²) in [5, 5.41) is 3.88. The lowest BCUT2D eigenvalue weighted by Crippen LogP contribution is -2.52. The van der Waals surface area contributed by atoms with Gasteiger partial charge in [0.25, 0.3) is 5.91 Å². The molecule has 2 fully saturated rings. The molecule has 4 amide bonds. The Kier molecular flexibility index (Phi) is 6.53. The lowest BCUT2D eigenvalue weighted by atomic mass is 9.93. The van der Waals surface area contributed by atoms with E-state index in [4.69, 9.17) is 4.98 Å². The molecule has 3 heterocycles. The molecule has 35 heavy (non-hydrogen) atoms. The van der Waals surface area contributed by atoms with Crippen LogP contribution >= 0.6 is 11.3 Å². The van der Waals surface area contributed by atoms with E-state index in [-0.39, 0.29) is 18.4 Å². The molecule has 1 unspecified atom stereocenters. The normalized spacial score (nSPS) is 21.1. The molecule has 182 valence electrons. The number of thiazole rings is 1. The number of urea groups is 1. The summed E-state index contributed by atoms with van der Waals surface area (Å²) in [6.07, 6.45) is 1.15. The molecule has 1 aromatic heterocycles. The third kappa shape index (κ3) is 5.06. The van der Waals surface area contributed by atoms with E-state index in [1.54, 1.807) is 23.2 Å². The Labute approximate surface area is 208 Å². The molecule has 2 aliphatic rings. The maximum absolute atomic E-state index is 13.1. The molecule has 0 saturated carbocycles. The van der Waals surface area contributed by atoms with Gasteiger partial charge in [-0.15, -0.1) is 11.3 Å². The molecule has 0 aliphatic carbocycles. The van der Waals surface area contributed by atoms with E-state index in [9.17, 15) is 14.4 Å². The maximum Gasteiger partial charge on any atom is 0.325 e. The van der Waals surface area contributed by atoms with Gasteiger partial charge < -0.3 is 10.2 Å². The highest BCUT2D eigenvalue weighted by Gasteiger charge is 2.48. The van der Waals surface area contributed by atoms with Gasteiger partial charge in [0.05, 0.1) is 16.8 Å². The molecular weight excluding hydrogens is 462 g/mol. The minimum atomic E-state index is -0.997. The zero-order valence-corrected chi connectivity index (χ0v) is 20.6. The van der Waals surface area contributed by atoms with Gasteiger partial charge in [0.1, 0.15) is 17.1 Å². The zero-order valence-electron chi connectivity index (χ0n) is 19.8. The molecular formula is C26H29N5O3S. The third-order valence-corrected chi connectivity index (χ3v) is 7.84. The lowest BCUT2D eigenvalue weighted by Gasteiger charge is -2.34. The van der Waals surface area contributed by atoms with Crippen LogP contribution in [0.4, 0.5) is 4.79 Å². The number of carbonyl (C=O) groups is 3. The number of hydrogen-bond donors (Lipinski definition) is 1. The number of rotatable bonds is 7. The molecule has 0 radical (unpaired) electrons. The van der Waals surface area contributed by atoms with Crippen LogP contribution in [0.1, 0.15) is 23.9 Å². The number of aromatic nitrogens is 1. The Morgan fingerprint density at radius 2 is 1.74 bits per heavy atom. The van der Waals surface area contributed by atoms with Crippen molar-refractivity contribution in [2.75, 3.05) is 32.7 Å². The first-order chi connectivity index (χ1) is 16.9. The summed E-state index contributed by atoms with van der Waals surface area (Å²) in [4.78, 5) is 48.4. The fraction of sp³-hybridized carbons (Fsp3) is 0.385. The fourth-order valence-corrected chi connectivity index (χ4v) is 5.68. The van der Waals surface area contributed by atoms with Gasteiger partial charge in [-0.1, -0.05) is 42.5 Å². The van der Waals surface area contributed by atoms with Crippen molar-refractivity contribution in [1.29, 1.82) is 0 Å². The van der Waals surface area contributed by atoms with Crippen molar-refractivity contribution in [2.45, 2.75) is 31.8 Å². The molecule has 2 saturated heterocycles. The van der Waals surface area contributed by atoms with Crippen LogP contribution in [0.2, 0.25) is 0 Å². The zero-order chi connectivity index (χ0) is 24.4. The van der Waals surface area contributed by atoms with Crippen LogP contribution in [-0.2, 0) is 22.6 Å².